The van der Waals surface area contributed by atoms with Gasteiger partial charge in [-0.2, -0.15) is 0 Å². The fourth-order valence-electron chi connectivity index (χ4n) is 4.39. The molecule has 1 atom stereocenters. The molecule has 12 nitrogen and oxygen atoms in total. The Balaban J connectivity index is 1.72. The molecule has 13 heteroatoms. The van der Waals surface area contributed by atoms with E-state index < -0.39 is 35.2 Å². The lowest BCUT2D eigenvalue weighted by Crippen LogP contribution is -2.43. The Bertz CT molecular complexity index is 1600. The number of aromatic nitrogens is 3. The maximum Gasteiger partial charge on any atom is 0.404 e. The van der Waals surface area contributed by atoms with Crippen LogP contribution in [0.25, 0.3) is 11.7 Å². The number of carbonyl (C=O) groups excluding carboxylic acids is 3. The molecule has 1 fully saturated rings. The predicted octanol–water partition coefficient (Wildman–Crippen LogP) is 4.12. The van der Waals surface area contributed by atoms with Crippen molar-refractivity contribution in [2.45, 2.75) is 71.5 Å². The van der Waals surface area contributed by atoms with E-state index in [2.05, 4.69) is 10.3 Å². The minimum atomic E-state index is -0.885. The highest BCUT2D eigenvalue weighted by molar-refractivity contribution is 7.14. The van der Waals surface area contributed by atoms with E-state index in [0.717, 1.165) is 5.69 Å². The summed E-state index contributed by atoms with van der Waals surface area (Å²) in [5, 5.41) is 5.19. The first-order chi connectivity index (χ1) is 19.6. The fraction of sp³-hybridized carbons (Fsp3) is 0.448. The first-order valence-electron chi connectivity index (χ1n) is 13.6. The second-order valence-corrected chi connectivity index (χ2v) is 12.9. The van der Waals surface area contributed by atoms with Crippen LogP contribution in [0.1, 0.15) is 76.0 Å². The first-order valence-corrected chi connectivity index (χ1v) is 14.4. The van der Waals surface area contributed by atoms with E-state index in [4.69, 9.17) is 20.2 Å². The maximum atomic E-state index is 13.7. The van der Waals surface area contributed by atoms with Crippen molar-refractivity contribution in [3.63, 3.8) is 0 Å². The van der Waals surface area contributed by atoms with Crippen molar-refractivity contribution in [3.8, 4) is 0 Å². The maximum absolute atomic E-state index is 13.7. The van der Waals surface area contributed by atoms with Gasteiger partial charge in [0.05, 0.1) is 17.8 Å². The number of rotatable bonds is 6. The van der Waals surface area contributed by atoms with E-state index in [-0.39, 0.29) is 34.6 Å². The van der Waals surface area contributed by atoms with Crippen molar-refractivity contribution in [1.29, 1.82) is 0 Å². The Hall–Kier alpha value is -4.26. The van der Waals surface area contributed by atoms with Crippen LogP contribution >= 0.6 is 11.3 Å². The van der Waals surface area contributed by atoms with Crippen molar-refractivity contribution in [1.82, 2.24) is 14.4 Å². The van der Waals surface area contributed by atoms with E-state index in [1.807, 2.05) is 31.1 Å². The Labute approximate surface area is 247 Å². The zero-order valence-corrected chi connectivity index (χ0v) is 25.4. The van der Waals surface area contributed by atoms with Gasteiger partial charge in [-0.3, -0.25) is 19.3 Å². The number of piperidine rings is 1. The third kappa shape index (κ3) is 7.52. The van der Waals surface area contributed by atoms with Crippen LogP contribution in [0.5, 0.6) is 0 Å². The number of thiazole rings is 1. The normalized spacial score (nSPS) is 16.0. The molecule has 3 aromatic heterocycles. The Morgan fingerprint density at radius 2 is 1.90 bits per heavy atom. The first kappa shape index (κ1) is 30.7. The van der Waals surface area contributed by atoms with Gasteiger partial charge < -0.3 is 20.1 Å². The lowest BCUT2D eigenvalue weighted by Gasteiger charge is -2.33. The number of fused-ring (bicyclic) bond motifs is 1. The number of carbonyl (C=O) groups is 3. The van der Waals surface area contributed by atoms with Gasteiger partial charge in [-0.05, 0) is 51.8 Å². The minimum Gasteiger partial charge on any atom is -0.457 e. The highest BCUT2D eigenvalue weighted by atomic mass is 32.1. The molecule has 42 heavy (non-hydrogen) atoms. The van der Waals surface area contributed by atoms with Gasteiger partial charge in [-0.25, -0.2) is 19.6 Å². The minimum absolute atomic E-state index is 0.146. The van der Waals surface area contributed by atoms with Crippen LogP contribution < -0.4 is 21.5 Å². The van der Waals surface area contributed by atoms with E-state index in [9.17, 15) is 19.2 Å². The molecule has 0 aromatic carbocycles. The number of primary amides is 1. The molecule has 0 bridgehead atoms. The van der Waals surface area contributed by atoms with Gasteiger partial charge in [0.15, 0.2) is 5.13 Å². The smallest absolute Gasteiger partial charge is 0.404 e. The SMILES string of the molecule is CC(C)(C)OC(=O)/C=C/c1c(N2CCCC(OC(N)=O)C2)nc2cc(C(=O)Nc3nc(C(C)(C)C)cs3)ccn2c1=O. The lowest BCUT2D eigenvalue weighted by atomic mass is 9.93. The van der Waals surface area contributed by atoms with Crippen LogP contribution in [0.15, 0.2) is 34.6 Å². The van der Waals surface area contributed by atoms with Gasteiger partial charge in [-0.1, -0.05) is 20.8 Å². The van der Waals surface area contributed by atoms with Gasteiger partial charge in [0.25, 0.3) is 11.5 Å². The molecule has 224 valence electrons. The Morgan fingerprint density at radius 3 is 2.55 bits per heavy atom. The van der Waals surface area contributed by atoms with Gasteiger partial charge in [-0.15, -0.1) is 11.3 Å². The van der Waals surface area contributed by atoms with Crippen molar-refractivity contribution in [2.24, 2.45) is 5.73 Å². The van der Waals surface area contributed by atoms with Crippen molar-refractivity contribution in [3.05, 3.63) is 57.0 Å². The number of nitrogens with two attached hydrogens (primary N) is 1. The molecule has 1 aliphatic rings. The predicted molar refractivity (Wildman–Crippen MR) is 161 cm³/mol. The van der Waals surface area contributed by atoms with Gasteiger partial charge >= 0.3 is 12.1 Å². The van der Waals surface area contributed by atoms with Crippen LogP contribution in [0.4, 0.5) is 15.7 Å². The molecule has 0 aliphatic carbocycles. The third-order valence-electron chi connectivity index (χ3n) is 6.35. The van der Waals surface area contributed by atoms with Crippen molar-refractivity contribution >= 4 is 52.0 Å². The Morgan fingerprint density at radius 1 is 1.17 bits per heavy atom. The van der Waals surface area contributed by atoms with E-state index in [1.165, 1.54) is 46.2 Å². The molecule has 2 amide bonds. The number of hydrogen-bond donors (Lipinski definition) is 2. The van der Waals surface area contributed by atoms with Crippen molar-refractivity contribution < 1.29 is 23.9 Å². The van der Waals surface area contributed by atoms with E-state index in [1.54, 1.807) is 20.8 Å². The molecule has 1 aliphatic heterocycles. The molecule has 0 spiro atoms. The number of pyridine rings is 1. The second-order valence-electron chi connectivity index (χ2n) is 12.1. The second kappa shape index (κ2) is 11.9. The molecular formula is C29H36N6O6S. The molecule has 0 saturated carbocycles. The monoisotopic (exact) mass is 596 g/mol. The summed E-state index contributed by atoms with van der Waals surface area (Å²) >= 11 is 1.33. The van der Waals surface area contributed by atoms with E-state index in [0.29, 0.717) is 24.5 Å². The van der Waals surface area contributed by atoms with Crippen LogP contribution in [0.3, 0.4) is 0 Å². The lowest BCUT2D eigenvalue weighted by molar-refractivity contribution is -0.148. The number of amides is 2. The topological polar surface area (TPSA) is 158 Å². The summed E-state index contributed by atoms with van der Waals surface area (Å²) in [7, 11) is 0. The summed E-state index contributed by atoms with van der Waals surface area (Å²) in [5.41, 5.74) is 5.44. The van der Waals surface area contributed by atoms with Crippen LogP contribution in [0, 0.1) is 0 Å². The van der Waals surface area contributed by atoms with Gasteiger partial charge in [0.1, 0.15) is 23.2 Å². The van der Waals surface area contributed by atoms with Crippen LogP contribution in [-0.2, 0) is 19.7 Å². The zero-order valence-electron chi connectivity index (χ0n) is 24.6. The van der Waals surface area contributed by atoms with Crippen LogP contribution in [-0.4, -0.2) is 57.1 Å². The van der Waals surface area contributed by atoms with Gasteiger partial charge in [0, 0.05) is 35.2 Å². The molecule has 4 rings (SSSR count). The zero-order chi connectivity index (χ0) is 30.8. The molecular weight excluding hydrogens is 560 g/mol. The summed E-state index contributed by atoms with van der Waals surface area (Å²) in [6.07, 6.45) is 3.90. The summed E-state index contributed by atoms with van der Waals surface area (Å²) in [6, 6.07) is 3.03. The fourth-order valence-corrected chi connectivity index (χ4v) is 5.32. The molecule has 3 N–H and O–H groups in total. The van der Waals surface area contributed by atoms with Crippen molar-refractivity contribution in [2.75, 3.05) is 23.3 Å². The average Bonchev–Trinajstić information content (AvgIpc) is 3.35. The van der Waals surface area contributed by atoms with Gasteiger partial charge in [0.2, 0.25) is 0 Å². The Kier molecular flexibility index (Phi) is 8.71. The average molecular weight is 597 g/mol. The molecule has 4 heterocycles. The molecule has 3 aromatic rings. The highest BCUT2D eigenvalue weighted by Crippen LogP contribution is 2.27. The summed E-state index contributed by atoms with van der Waals surface area (Å²) in [5.74, 6) is -0.731. The highest BCUT2D eigenvalue weighted by Gasteiger charge is 2.27. The number of nitrogens with zero attached hydrogens (tertiary/aromatic N) is 4. The van der Waals surface area contributed by atoms with E-state index >= 15 is 0 Å². The molecule has 1 unspecified atom stereocenters. The van der Waals surface area contributed by atoms with Crippen LogP contribution in [0.2, 0.25) is 0 Å². The number of ether oxygens (including phenoxy) is 2. The molecule has 0 radical (unpaired) electrons. The number of hydrogen-bond acceptors (Lipinski definition) is 10. The number of anilines is 2. The standard InChI is InChI=1S/C29H36N6O6S/c1-28(2,3)20-16-42-27(31-20)33-24(37)17-11-13-35-21(14-17)32-23(34-12-7-8-18(15-34)40-26(30)39)19(25(35)38)9-10-22(36)41-29(4,5)6/h9-11,13-14,16,18H,7-8,12,15H2,1-6H3,(H2,30,39)(H,31,33,37)/b10-9+. The molecule has 1 saturated heterocycles. The number of nitrogens with one attached hydrogen (secondary N) is 1. The quantitative estimate of drug-likeness (QED) is 0.315. The largest absolute Gasteiger partial charge is 0.457 e. The summed E-state index contributed by atoms with van der Waals surface area (Å²) in [6.45, 7) is 12.1. The summed E-state index contributed by atoms with van der Waals surface area (Å²) in [4.78, 5) is 61.7. The summed E-state index contributed by atoms with van der Waals surface area (Å²) < 4.78 is 11.9. The third-order valence-corrected chi connectivity index (χ3v) is 7.11. The number of esters is 1.